The van der Waals surface area contributed by atoms with Crippen molar-refractivity contribution < 1.29 is 10.2 Å². The quantitative estimate of drug-likeness (QED) is 0.704. The highest BCUT2D eigenvalue weighted by molar-refractivity contribution is 7.24. The fourth-order valence-electron chi connectivity index (χ4n) is 2.26. The first-order valence-electron chi connectivity index (χ1n) is 5.94. The lowest BCUT2D eigenvalue weighted by Gasteiger charge is -2.07. The minimum Gasteiger partial charge on any atom is -0.392 e. The summed E-state index contributed by atoms with van der Waals surface area (Å²) >= 11 is 1.45. The Morgan fingerprint density at radius 2 is 1.32 bits per heavy atom. The van der Waals surface area contributed by atoms with E-state index in [0.717, 1.165) is 20.5 Å². The van der Waals surface area contributed by atoms with Crippen LogP contribution in [-0.2, 0) is 13.2 Å². The van der Waals surface area contributed by atoms with Crippen LogP contribution < -0.4 is 5.43 Å². The smallest absolute Gasteiger partial charge is 0.195 e. The van der Waals surface area contributed by atoms with E-state index in [2.05, 4.69) is 0 Å². The third-order valence-corrected chi connectivity index (χ3v) is 4.60. The van der Waals surface area contributed by atoms with Gasteiger partial charge < -0.3 is 10.2 Å². The molecule has 0 amide bonds. The molecule has 96 valence electrons. The highest BCUT2D eigenvalue weighted by Crippen LogP contribution is 2.29. The molecular weight excluding hydrogens is 260 g/mol. The highest BCUT2D eigenvalue weighted by atomic mass is 32.1. The summed E-state index contributed by atoms with van der Waals surface area (Å²) < 4.78 is 1.59. The van der Waals surface area contributed by atoms with E-state index in [-0.39, 0.29) is 18.6 Å². The summed E-state index contributed by atoms with van der Waals surface area (Å²) in [7, 11) is 0. The van der Waals surface area contributed by atoms with Gasteiger partial charge in [-0.05, 0) is 23.3 Å². The van der Waals surface area contributed by atoms with Crippen LogP contribution >= 0.6 is 11.3 Å². The van der Waals surface area contributed by atoms with Gasteiger partial charge in [-0.2, -0.15) is 0 Å². The Labute approximate surface area is 113 Å². The maximum Gasteiger partial charge on any atom is 0.195 e. The van der Waals surface area contributed by atoms with Crippen LogP contribution in [0.2, 0.25) is 0 Å². The summed E-state index contributed by atoms with van der Waals surface area (Å²) in [5, 5.41) is 20.0. The van der Waals surface area contributed by atoms with Crippen LogP contribution in [0.25, 0.3) is 20.2 Å². The van der Waals surface area contributed by atoms with Gasteiger partial charge in [-0.25, -0.2) is 0 Å². The molecule has 0 spiro atoms. The monoisotopic (exact) mass is 272 g/mol. The SMILES string of the molecule is O=c1c2cccc(CO)c2sc2c(CO)cccc12. The third kappa shape index (κ3) is 1.85. The molecule has 19 heavy (non-hydrogen) atoms. The fraction of sp³-hybridized carbons (Fsp3) is 0.133. The van der Waals surface area contributed by atoms with Gasteiger partial charge in [-0.3, -0.25) is 4.79 Å². The third-order valence-electron chi connectivity index (χ3n) is 3.23. The second-order valence-corrected chi connectivity index (χ2v) is 5.36. The van der Waals surface area contributed by atoms with Crippen molar-refractivity contribution in [1.29, 1.82) is 0 Å². The first kappa shape index (κ1) is 12.3. The van der Waals surface area contributed by atoms with E-state index in [1.165, 1.54) is 11.3 Å². The summed E-state index contributed by atoms with van der Waals surface area (Å²) in [6.45, 7) is -0.194. The molecule has 3 nitrogen and oxygen atoms in total. The number of aliphatic hydroxyl groups excluding tert-OH is 2. The van der Waals surface area contributed by atoms with E-state index in [1.807, 2.05) is 12.1 Å². The van der Waals surface area contributed by atoms with Crippen molar-refractivity contribution in [3.63, 3.8) is 0 Å². The fourth-order valence-corrected chi connectivity index (χ4v) is 3.54. The summed E-state index contributed by atoms with van der Waals surface area (Å²) in [6, 6.07) is 10.7. The van der Waals surface area contributed by atoms with Crippen LogP contribution in [0.15, 0.2) is 41.2 Å². The molecule has 4 heteroatoms. The summed E-state index contributed by atoms with van der Waals surface area (Å²) in [6.07, 6.45) is 0. The van der Waals surface area contributed by atoms with Gasteiger partial charge in [0.05, 0.1) is 13.2 Å². The Morgan fingerprint density at radius 1 is 0.842 bits per heavy atom. The van der Waals surface area contributed by atoms with Gasteiger partial charge in [-0.1, -0.05) is 24.3 Å². The van der Waals surface area contributed by atoms with Crippen molar-refractivity contribution in [1.82, 2.24) is 0 Å². The van der Waals surface area contributed by atoms with Crippen LogP contribution in [-0.4, -0.2) is 10.2 Å². The second-order valence-electron chi connectivity index (χ2n) is 4.34. The van der Waals surface area contributed by atoms with Crippen molar-refractivity contribution in [3.8, 4) is 0 Å². The van der Waals surface area contributed by atoms with E-state index in [0.29, 0.717) is 10.8 Å². The summed E-state index contributed by atoms with van der Waals surface area (Å²) in [5.41, 5.74) is 1.44. The first-order chi connectivity index (χ1) is 9.26. The average Bonchev–Trinajstić information content (AvgIpc) is 2.46. The van der Waals surface area contributed by atoms with Crippen molar-refractivity contribution in [3.05, 3.63) is 57.7 Å². The number of hydrogen-bond donors (Lipinski definition) is 2. The molecule has 1 aromatic heterocycles. The zero-order valence-electron chi connectivity index (χ0n) is 10.1. The number of hydrogen-bond acceptors (Lipinski definition) is 4. The molecule has 1 heterocycles. The predicted molar refractivity (Wildman–Crippen MR) is 77.4 cm³/mol. The summed E-state index contributed by atoms with van der Waals surface area (Å²) in [4.78, 5) is 12.5. The molecule has 0 aliphatic carbocycles. The van der Waals surface area contributed by atoms with Crippen LogP contribution in [0.4, 0.5) is 0 Å². The Bertz CT molecular complexity index is 756. The minimum atomic E-state index is -0.0971. The van der Waals surface area contributed by atoms with Gasteiger partial charge in [0, 0.05) is 20.2 Å². The molecule has 0 fully saturated rings. The van der Waals surface area contributed by atoms with Gasteiger partial charge in [0.15, 0.2) is 5.43 Å². The molecule has 0 unspecified atom stereocenters. The molecule has 0 aliphatic heterocycles. The van der Waals surface area contributed by atoms with E-state index in [1.54, 1.807) is 24.3 Å². The Morgan fingerprint density at radius 3 is 1.74 bits per heavy atom. The van der Waals surface area contributed by atoms with Crippen molar-refractivity contribution >= 4 is 31.5 Å². The molecule has 3 rings (SSSR count). The lowest BCUT2D eigenvalue weighted by molar-refractivity contribution is 0.283. The molecule has 0 aliphatic rings. The molecular formula is C15H12O3S. The molecule has 3 aromatic rings. The Kier molecular flexibility index (Phi) is 3.06. The standard InChI is InChI=1S/C15H12O3S/c16-7-9-3-1-5-11-13(18)12-6-2-4-10(8-17)15(12)19-14(9)11/h1-6,16-17H,7-8H2. The van der Waals surface area contributed by atoms with Gasteiger partial charge in [-0.15, -0.1) is 11.3 Å². The zero-order valence-corrected chi connectivity index (χ0v) is 10.9. The zero-order chi connectivity index (χ0) is 13.4. The van der Waals surface area contributed by atoms with Gasteiger partial charge >= 0.3 is 0 Å². The number of aliphatic hydroxyl groups is 2. The van der Waals surface area contributed by atoms with Gasteiger partial charge in [0.25, 0.3) is 0 Å². The van der Waals surface area contributed by atoms with Gasteiger partial charge in [0.2, 0.25) is 0 Å². The van der Waals surface area contributed by atoms with Crippen LogP contribution in [0, 0.1) is 0 Å². The maximum absolute atomic E-state index is 12.5. The molecule has 0 saturated carbocycles. The molecule has 0 atom stereocenters. The summed E-state index contributed by atoms with van der Waals surface area (Å²) in [5.74, 6) is 0. The Balaban J connectivity index is 2.57. The van der Waals surface area contributed by atoms with Crippen LogP contribution in [0.3, 0.4) is 0 Å². The van der Waals surface area contributed by atoms with Crippen molar-refractivity contribution in [2.45, 2.75) is 13.2 Å². The lowest BCUT2D eigenvalue weighted by atomic mass is 10.1. The molecule has 0 bridgehead atoms. The van der Waals surface area contributed by atoms with E-state index >= 15 is 0 Å². The number of rotatable bonds is 2. The topological polar surface area (TPSA) is 57.5 Å². The maximum atomic E-state index is 12.5. The highest BCUT2D eigenvalue weighted by Gasteiger charge is 2.10. The van der Waals surface area contributed by atoms with Crippen LogP contribution in [0.5, 0.6) is 0 Å². The van der Waals surface area contributed by atoms with E-state index in [4.69, 9.17) is 0 Å². The van der Waals surface area contributed by atoms with Crippen LogP contribution in [0.1, 0.15) is 11.1 Å². The molecule has 0 radical (unpaired) electrons. The molecule has 2 aromatic carbocycles. The number of benzene rings is 2. The largest absolute Gasteiger partial charge is 0.392 e. The molecule has 0 saturated heterocycles. The average molecular weight is 272 g/mol. The first-order valence-corrected chi connectivity index (χ1v) is 6.76. The predicted octanol–water partition coefficient (Wildman–Crippen LogP) is 2.40. The van der Waals surface area contributed by atoms with Gasteiger partial charge in [0.1, 0.15) is 0 Å². The van der Waals surface area contributed by atoms with Crippen molar-refractivity contribution in [2.24, 2.45) is 0 Å². The Hall–Kier alpha value is -1.75. The molecule has 2 N–H and O–H groups in total. The van der Waals surface area contributed by atoms with E-state index < -0.39 is 0 Å². The second kappa shape index (κ2) is 4.74. The number of fused-ring (bicyclic) bond motifs is 2. The van der Waals surface area contributed by atoms with E-state index in [9.17, 15) is 15.0 Å². The lowest BCUT2D eigenvalue weighted by Crippen LogP contribution is -2.03. The normalized spacial score (nSPS) is 11.3. The van der Waals surface area contributed by atoms with Crippen molar-refractivity contribution in [2.75, 3.05) is 0 Å². The minimum absolute atomic E-state index is 0.0469.